The third-order valence-electron chi connectivity index (χ3n) is 5.09. The average molecular weight is 321 g/mol. The van der Waals surface area contributed by atoms with E-state index < -0.39 is 0 Å². The number of fused-ring (bicyclic) bond motifs is 1. The predicted molar refractivity (Wildman–Crippen MR) is 95.8 cm³/mol. The van der Waals surface area contributed by atoms with Gasteiger partial charge in [-0.2, -0.15) is 0 Å². The second-order valence-electron chi connectivity index (χ2n) is 6.84. The van der Waals surface area contributed by atoms with Gasteiger partial charge in [-0.15, -0.1) is 0 Å². The lowest BCUT2D eigenvalue weighted by Crippen LogP contribution is -2.38. The molecular weight excluding hydrogens is 298 g/mol. The van der Waals surface area contributed by atoms with Crippen LogP contribution in [-0.4, -0.2) is 28.0 Å². The Kier molecular flexibility index (Phi) is 4.30. The van der Waals surface area contributed by atoms with Crippen LogP contribution in [0.1, 0.15) is 30.5 Å². The topological polar surface area (TPSA) is 49.0 Å². The van der Waals surface area contributed by atoms with E-state index in [-0.39, 0.29) is 5.56 Å². The molecule has 1 aliphatic heterocycles. The van der Waals surface area contributed by atoms with Crippen molar-refractivity contribution in [1.29, 1.82) is 0 Å². The van der Waals surface area contributed by atoms with Crippen molar-refractivity contribution in [1.82, 2.24) is 14.9 Å². The van der Waals surface area contributed by atoms with E-state index in [1.54, 1.807) is 0 Å². The summed E-state index contributed by atoms with van der Waals surface area (Å²) in [5.74, 6) is 1.41. The largest absolute Gasteiger partial charge is 0.306 e. The molecule has 1 unspecified atom stereocenters. The zero-order valence-corrected chi connectivity index (χ0v) is 13.9. The first-order chi connectivity index (χ1) is 11.8. The number of H-pyrrole nitrogens is 1. The van der Waals surface area contributed by atoms with Crippen molar-refractivity contribution in [2.75, 3.05) is 13.1 Å². The van der Waals surface area contributed by atoms with Crippen molar-refractivity contribution in [3.63, 3.8) is 0 Å². The summed E-state index contributed by atoms with van der Waals surface area (Å²) in [6.07, 6.45) is 9.07. The predicted octanol–water partition coefficient (Wildman–Crippen LogP) is 3.15. The molecule has 1 atom stereocenters. The lowest BCUT2D eigenvalue weighted by Gasteiger charge is -2.31. The molecule has 0 saturated heterocycles. The molecule has 4 rings (SSSR count). The van der Waals surface area contributed by atoms with Gasteiger partial charge in [0.05, 0.1) is 11.3 Å². The molecule has 0 amide bonds. The van der Waals surface area contributed by atoms with Gasteiger partial charge in [0.25, 0.3) is 5.56 Å². The van der Waals surface area contributed by atoms with Crippen molar-refractivity contribution in [2.24, 2.45) is 5.92 Å². The molecule has 2 aliphatic rings. The quantitative estimate of drug-likeness (QED) is 0.884. The van der Waals surface area contributed by atoms with Gasteiger partial charge in [-0.05, 0) is 25.2 Å². The molecule has 24 heavy (non-hydrogen) atoms. The minimum atomic E-state index is 0.0205. The van der Waals surface area contributed by atoms with Crippen LogP contribution in [0, 0.1) is 5.92 Å². The fourth-order valence-electron chi connectivity index (χ4n) is 3.76. The van der Waals surface area contributed by atoms with Crippen LogP contribution in [0.2, 0.25) is 0 Å². The number of allylic oxidation sites excluding steroid dienone is 2. The molecule has 124 valence electrons. The Hall–Kier alpha value is -2.20. The molecule has 0 radical (unpaired) electrons. The molecule has 0 saturated carbocycles. The summed E-state index contributed by atoms with van der Waals surface area (Å²) in [7, 11) is 0. The second kappa shape index (κ2) is 6.73. The lowest BCUT2D eigenvalue weighted by atomic mass is 9.93. The molecule has 2 heterocycles. The minimum absolute atomic E-state index is 0.0205. The highest BCUT2D eigenvalue weighted by molar-refractivity contribution is 5.54. The van der Waals surface area contributed by atoms with Gasteiger partial charge in [0.15, 0.2) is 0 Å². The van der Waals surface area contributed by atoms with Gasteiger partial charge in [0.2, 0.25) is 0 Å². The first-order valence-corrected chi connectivity index (χ1v) is 8.84. The van der Waals surface area contributed by atoms with Gasteiger partial charge < -0.3 is 4.98 Å². The maximum absolute atomic E-state index is 12.6. The fraction of sp³-hybridized carbons (Fsp3) is 0.400. The highest BCUT2D eigenvalue weighted by atomic mass is 16.1. The Labute approximate surface area is 142 Å². The Morgan fingerprint density at radius 1 is 1.21 bits per heavy atom. The van der Waals surface area contributed by atoms with Crippen molar-refractivity contribution < 1.29 is 0 Å². The molecule has 0 spiro atoms. The Morgan fingerprint density at radius 3 is 2.88 bits per heavy atom. The van der Waals surface area contributed by atoms with E-state index >= 15 is 0 Å². The van der Waals surface area contributed by atoms with Crippen LogP contribution in [0.15, 0.2) is 47.3 Å². The van der Waals surface area contributed by atoms with Crippen LogP contribution >= 0.6 is 0 Å². The molecule has 0 bridgehead atoms. The van der Waals surface area contributed by atoms with Crippen LogP contribution < -0.4 is 5.56 Å². The molecule has 1 aromatic carbocycles. The fourth-order valence-corrected chi connectivity index (χ4v) is 3.76. The SMILES string of the molecule is O=c1[nH]c(-c2ccccc2)nc2c1CN(CC1CC=CCC1)CC2. The number of nitrogens with zero attached hydrogens (tertiary/aromatic N) is 2. The van der Waals surface area contributed by atoms with Gasteiger partial charge in [-0.1, -0.05) is 42.5 Å². The van der Waals surface area contributed by atoms with Crippen LogP contribution in [0.4, 0.5) is 0 Å². The summed E-state index contributed by atoms with van der Waals surface area (Å²) in [6, 6.07) is 9.87. The molecule has 1 N–H and O–H groups in total. The van der Waals surface area contributed by atoms with Gasteiger partial charge in [0.1, 0.15) is 5.82 Å². The zero-order valence-electron chi connectivity index (χ0n) is 13.9. The number of aromatic amines is 1. The molecule has 2 aromatic rings. The van der Waals surface area contributed by atoms with E-state index in [2.05, 4.69) is 22.0 Å². The number of nitrogens with one attached hydrogen (secondary N) is 1. The second-order valence-corrected chi connectivity index (χ2v) is 6.84. The van der Waals surface area contributed by atoms with E-state index in [1.807, 2.05) is 30.3 Å². The van der Waals surface area contributed by atoms with Gasteiger partial charge >= 0.3 is 0 Å². The van der Waals surface area contributed by atoms with E-state index in [0.29, 0.717) is 5.82 Å². The number of hydrogen-bond acceptors (Lipinski definition) is 3. The number of rotatable bonds is 3. The Morgan fingerprint density at radius 2 is 2.08 bits per heavy atom. The third kappa shape index (κ3) is 3.20. The van der Waals surface area contributed by atoms with Crippen LogP contribution in [0.3, 0.4) is 0 Å². The summed E-state index contributed by atoms with van der Waals surface area (Å²) in [6.45, 7) is 2.81. The van der Waals surface area contributed by atoms with Crippen LogP contribution in [0.25, 0.3) is 11.4 Å². The standard InChI is InChI=1S/C20H23N3O/c24-20-17-14-23(13-15-7-3-1-4-8-15)12-11-18(17)21-19(22-20)16-9-5-2-6-10-16/h1-3,5-6,9-10,15H,4,7-8,11-14H2,(H,21,22,24). The van der Waals surface area contributed by atoms with Crippen molar-refractivity contribution in [3.8, 4) is 11.4 Å². The molecule has 4 nitrogen and oxygen atoms in total. The van der Waals surface area contributed by atoms with Crippen LogP contribution in [-0.2, 0) is 13.0 Å². The monoisotopic (exact) mass is 321 g/mol. The maximum Gasteiger partial charge on any atom is 0.255 e. The summed E-state index contributed by atoms with van der Waals surface area (Å²) in [4.78, 5) is 22.7. The summed E-state index contributed by atoms with van der Waals surface area (Å²) < 4.78 is 0. The van der Waals surface area contributed by atoms with Gasteiger partial charge in [-0.3, -0.25) is 9.69 Å². The van der Waals surface area contributed by atoms with E-state index in [9.17, 15) is 4.79 Å². The third-order valence-corrected chi connectivity index (χ3v) is 5.09. The average Bonchev–Trinajstić information content (AvgIpc) is 2.64. The van der Waals surface area contributed by atoms with E-state index in [1.165, 1.54) is 19.3 Å². The van der Waals surface area contributed by atoms with E-state index in [0.717, 1.165) is 48.8 Å². The maximum atomic E-state index is 12.6. The summed E-state index contributed by atoms with van der Waals surface area (Å²) in [5, 5.41) is 0. The Bertz CT molecular complexity index is 794. The van der Waals surface area contributed by atoms with Crippen molar-refractivity contribution in [3.05, 3.63) is 64.1 Å². The van der Waals surface area contributed by atoms with E-state index in [4.69, 9.17) is 4.98 Å². The minimum Gasteiger partial charge on any atom is -0.306 e. The normalized spacial score (nSPS) is 20.8. The highest BCUT2D eigenvalue weighted by Crippen LogP contribution is 2.23. The number of hydrogen-bond donors (Lipinski definition) is 1. The zero-order chi connectivity index (χ0) is 16.4. The number of benzene rings is 1. The Balaban J connectivity index is 1.54. The highest BCUT2D eigenvalue weighted by Gasteiger charge is 2.23. The molecule has 0 fully saturated rings. The number of aromatic nitrogens is 2. The molecule has 1 aromatic heterocycles. The van der Waals surface area contributed by atoms with Crippen LogP contribution in [0.5, 0.6) is 0 Å². The summed E-state index contributed by atoms with van der Waals surface area (Å²) in [5.41, 5.74) is 2.81. The molecule has 1 aliphatic carbocycles. The lowest BCUT2D eigenvalue weighted by molar-refractivity contribution is 0.204. The first-order valence-electron chi connectivity index (χ1n) is 8.84. The molecule has 4 heteroatoms. The molecular formula is C20H23N3O. The van der Waals surface area contributed by atoms with Gasteiger partial charge in [0, 0.05) is 31.6 Å². The first kappa shape index (κ1) is 15.3. The summed E-state index contributed by atoms with van der Waals surface area (Å²) >= 11 is 0. The van der Waals surface area contributed by atoms with Crippen molar-refractivity contribution in [2.45, 2.75) is 32.2 Å². The van der Waals surface area contributed by atoms with Crippen molar-refractivity contribution >= 4 is 0 Å². The van der Waals surface area contributed by atoms with Gasteiger partial charge in [-0.25, -0.2) is 4.98 Å². The smallest absolute Gasteiger partial charge is 0.255 e.